The monoisotopic (exact) mass is 268 g/mol. The minimum atomic E-state index is -0.773. The van der Waals surface area contributed by atoms with E-state index in [0.29, 0.717) is 12.6 Å². The summed E-state index contributed by atoms with van der Waals surface area (Å²) in [5, 5.41) is 3.53. The molecule has 0 aliphatic carbocycles. The Labute approximate surface area is 113 Å². The van der Waals surface area contributed by atoms with E-state index < -0.39 is 11.6 Å². The highest BCUT2D eigenvalue weighted by Gasteiger charge is 2.19. The van der Waals surface area contributed by atoms with E-state index in [2.05, 4.69) is 17.1 Å². The molecule has 1 heterocycles. The predicted octanol–water partition coefficient (Wildman–Crippen LogP) is 2.93. The topological polar surface area (TPSA) is 15.3 Å². The first kappa shape index (κ1) is 14.4. The lowest BCUT2D eigenvalue weighted by Crippen LogP contribution is -2.45. The van der Waals surface area contributed by atoms with Crippen LogP contribution < -0.4 is 5.32 Å². The number of hydrogen-bond donors (Lipinski definition) is 1. The molecule has 1 aliphatic heterocycles. The highest BCUT2D eigenvalue weighted by atomic mass is 19.2. The molecule has 1 aliphatic rings. The number of nitrogens with one attached hydrogen (secondary N) is 1. The molecule has 106 valence electrons. The van der Waals surface area contributed by atoms with E-state index in [1.807, 2.05) is 0 Å². The molecule has 2 nitrogen and oxygen atoms in total. The summed E-state index contributed by atoms with van der Waals surface area (Å²) < 4.78 is 26.1. The van der Waals surface area contributed by atoms with Crippen LogP contribution in [0.2, 0.25) is 0 Å². The zero-order valence-electron chi connectivity index (χ0n) is 11.5. The van der Waals surface area contributed by atoms with Gasteiger partial charge >= 0.3 is 0 Å². The van der Waals surface area contributed by atoms with E-state index >= 15 is 0 Å². The molecular weight excluding hydrogens is 246 g/mol. The fourth-order valence-electron chi connectivity index (χ4n) is 2.61. The van der Waals surface area contributed by atoms with Crippen molar-refractivity contribution in [2.75, 3.05) is 19.6 Å². The summed E-state index contributed by atoms with van der Waals surface area (Å²) >= 11 is 0. The van der Waals surface area contributed by atoms with E-state index in [1.54, 1.807) is 6.07 Å². The highest BCUT2D eigenvalue weighted by Crippen LogP contribution is 2.15. The van der Waals surface area contributed by atoms with Gasteiger partial charge in [0.25, 0.3) is 0 Å². The van der Waals surface area contributed by atoms with Crippen molar-refractivity contribution in [1.29, 1.82) is 0 Å². The lowest BCUT2D eigenvalue weighted by Gasteiger charge is -2.33. The van der Waals surface area contributed by atoms with Gasteiger partial charge in [0.15, 0.2) is 11.6 Å². The van der Waals surface area contributed by atoms with Crippen molar-refractivity contribution >= 4 is 0 Å². The first-order valence-electron chi connectivity index (χ1n) is 7.08. The summed E-state index contributed by atoms with van der Waals surface area (Å²) in [5.74, 6) is -1.53. The van der Waals surface area contributed by atoms with E-state index in [0.717, 1.165) is 38.0 Å². The molecular formula is C15H22F2N2. The van der Waals surface area contributed by atoms with Gasteiger partial charge in [-0.05, 0) is 50.0 Å². The van der Waals surface area contributed by atoms with Crippen LogP contribution in [0.3, 0.4) is 0 Å². The fraction of sp³-hybridized carbons (Fsp3) is 0.600. The number of piperidine rings is 1. The Bertz CT molecular complexity index is 409. The third-order valence-corrected chi connectivity index (χ3v) is 3.58. The molecule has 1 aromatic rings. The summed E-state index contributed by atoms with van der Waals surface area (Å²) in [7, 11) is 0. The van der Waals surface area contributed by atoms with Gasteiger partial charge in [0.05, 0.1) is 0 Å². The average Bonchev–Trinajstić information content (AvgIpc) is 2.41. The minimum Gasteiger partial charge on any atom is -0.313 e. The Hall–Kier alpha value is -1.00. The number of benzene rings is 1. The van der Waals surface area contributed by atoms with E-state index in [4.69, 9.17) is 0 Å². The van der Waals surface area contributed by atoms with Crippen LogP contribution in [0.5, 0.6) is 0 Å². The van der Waals surface area contributed by atoms with Gasteiger partial charge in [-0.1, -0.05) is 13.0 Å². The molecule has 1 N–H and O–H groups in total. The van der Waals surface area contributed by atoms with E-state index in [-0.39, 0.29) is 0 Å². The van der Waals surface area contributed by atoms with Crippen molar-refractivity contribution in [2.45, 2.75) is 38.8 Å². The first-order chi connectivity index (χ1) is 9.19. The summed E-state index contributed by atoms with van der Waals surface area (Å²) in [6.07, 6.45) is 3.50. The van der Waals surface area contributed by atoms with Crippen LogP contribution in [-0.2, 0) is 6.54 Å². The quantitative estimate of drug-likeness (QED) is 0.883. The molecule has 2 rings (SSSR count). The van der Waals surface area contributed by atoms with Gasteiger partial charge in [0.2, 0.25) is 0 Å². The maximum atomic E-state index is 13.2. The lowest BCUT2D eigenvalue weighted by molar-refractivity contribution is 0.183. The van der Waals surface area contributed by atoms with Crippen LogP contribution in [0.15, 0.2) is 18.2 Å². The van der Waals surface area contributed by atoms with Gasteiger partial charge in [-0.15, -0.1) is 0 Å². The third kappa shape index (κ3) is 4.25. The molecule has 1 unspecified atom stereocenters. The first-order valence-corrected chi connectivity index (χ1v) is 7.08. The molecule has 1 atom stereocenters. The summed E-state index contributed by atoms with van der Waals surface area (Å²) in [6, 6.07) is 4.71. The maximum absolute atomic E-state index is 13.2. The molecule has 0 spiro atoms. The smallest absolute Gasteiger partial charge is 0.159 e. The molecule has 0 amide bonds. The second kappa shape index (κ2) is 6.96. The van der Waals surface area contributed by atoms with Gasteiger partial charge in [-0.3, -0.25) is 4.90 Å². The third-order valence-electron chi connectivity index (χ3n) is 3.58. The van der Waals surface area contributed by atoms with Crippen molar-refractivity contribution in [3.05, 3.63) is 35.4 Å². The molecule has 0 radical (unpaired) electrons. The van der Waals surface area contributed by atoms with Gasteiger partial charge in [-0.2, -0.15) is 0 Å². The lowest BCUT2D eigenvalue weighted by atomic mass is 10.0. The fourth-order valence-corrected chi connectivity index (χ4v) is 2.61. The van der Waals surface area contributed by atoms with Crippen molar-refractivity contribution in [2.24, 2.45) is 0 Å². The molecule has 1 fully saturated rings. The predicted molar refractivity (Wildman–Crippen MR) is 73.0 cm³/mol. The average molecular weight is 268 g/mol. The largest absolute Gasteiger partial charge is 0.313 e. The van der Waals surface area contributed by atoms with Crippen LogP contribution in [-0.4, -0.2) is 30.6 Å². The normalized spacial score (nSPS) is 20.7. The van der Waals surface area contributed by atoms with Crippen molar-refractivity contribution in [1.82, 2.24) is 10.2 Å². The van der Waals surface area contributed by atoms with Gasteiger partial charge in [0, 0.05) is 19.1 Å². The molecule has 4 heteroatoms. The Morgan fingerprint density at radius 1 is 1.32 bits per heavy atom. The second-order valence-corrected chi connectivity index (χ2v) is 5.28. The van der Waals surface area contributed by atoms with Crippen molar-refractivity contribution < 1.29 is 8.78 Å². The summed E-state index contributed by atoms with van der Waals surface area (Å²) in [4.78, 5) is 2.31. The Morgan fingerprint density at radius 2 is 2.16 bits per heavy atom. The Morgan fingerprint density at radius 3 is 2.89 bits per heavy atom. The van der Waals surface area contributed by atoms with Crippen molar-refractivity contribution in [3.63, 3.8) is 0 Å². The molecule has 0 saturated carbocycles. The van der Waals surface area contributed by atoms with Crippen LogP contribution in [0.4, 0.5) is 8.78 Å². The zero-order valence-corrected chi connectivity index (χ0v) is 11.5. The van der Waals surface area contributed by atoms with Gasteiger partial charge < -0.3 is 5.32 Å². The Balaban J connectivity index is 1.89. The van der Waals surface area contributed by atoms with Crippen molar-refractivity contribution in [3.8, 4) is 0 Å². The summed E-state index contributed by atoms with van der Waals surface area (Å²) in [5.41, 5.74) is 0.843. The molecule has 1 aromatic carbocycles. The van der Waals surface area contributed by atoms with Crippen LogP contribution in [0.25, 0.3) is 0 Å². The van der Waals surface area contributed by atoms with E-state index in [1.165, 1.54) is 18.6 Å². The zero-order chi connectivity index (χ0) is 13.7. The molecule has 19 heavy (non-hydrogen) atoms. The van der Waals surface area contributed by atoms with Gasteiger partial charge in [0.1, 0.15) is 0 Å². The number of hydrogen-bond acceptors (Lipinski definition) is 2. The van der Waals surface area contributed by atoms with Crippen LogP contribution in [0.1, 0.15) is 31.7 Å². The number of nitrogens with zero attached hydrogens (tertiary/aromatic N) is 1. The highest BCUT2D eigenvalue weighted by molar-refractivity contribution is 5.17. The van der Waals surface area contributed by atoms with Crippen LogP contribution in [0, 0.1) is 11.6 Å². The van der Waals surface area contributed by atoms with E-state index in [9.17, 15) is 8.78 Å². The molecule has 0 aromatic heterocycles. The summed E-state index contributed by atoms with van der Waals surface area (Å²) in [6.45, 7) is 5.92. The van der Waals surface area contributed by atoms with Gasteiger partial charge in [-0.25, -0.2) is 8.78 Å². The second-order valence-electron chi connectivity index (χ2n) is 5.28. The molecule has 1 saturated heterocycles. The minimum absolute atomic E-state index is 0.527. The standard InChI is InChI=1S/C15H22F2N2/c1-2-7-18-13-4-3-8-19(11-13)10-12-5-6-14(16)15(17)9-12/h5-6,9,13,18H,2-4,7-8,10-11H2,1H3. The Kier molecular flexibility index (Phi) is 5.28. The molecule has 0 bridgehead atoms. The number of halogens is 2. The number of likely N-dealkylation sites (tertiary alicyclic amines) is 1. The van der Waals surface area contributed by atoms with Crippen LogP contribution >= 0.6 is 0 Å². The maximum Gasteiger partial charge on any atom is 0.159 e. The number of rotatable bonds is 5. The SMILES string of the molecule is CCCNC1CCCN(Cc2ccc(F)c(F)c2)C1.